The minimum atomic E-state index is -0.267. The topological polar surface area (TPSA) is 85.5 Å². The number of carbonyl (C=O) groups excluding carboxylic acids is 1. The Bertz CT molecular complexity index is 977. The molecule has 0 aliphatic carbocycles. The molecule has 1 heterocycles. The number of rotatable bonds is 7. The number of amides is 1. The summed E-state index contributed by atoms with van der Waals surface area (Å²) in [5.74, 6) is 2.14. The van der Waals surface area contributed by atoms with Gasteiger partial charge in [0.25, 0.3) is 0 Å². The van der Waals surface area contributed by atoms with Crippen LogP contribution in [0.25, 0.3) is 17.1 Å². The van der Waals surface area contributed by atoms with Gasteiger partial charge < -0.3 is 24.5 Å². The van der Waals surface area contributed by atoms with Gasteiger partial charge in [-0.25, -0.2) is 4.98 Å². The normalized spacial score (nSPS) is 12.1. The van der Waals surface area contributed by atoms with Crippen LogP contribution in [0.5, 0.6) is 17.2 Å². The molecule has 0 aliphatic heterocycles. The summed E-state index contributed by atoms with van der Waals surface area (Å²) in [6.45, 7) is 1.88. The summed E-state index contributed by atoms with van der Waals surface area (Å²) in [7, 11) is 4.67. The van der Waals surface area contributed by atoms with Crippen molar-refractivity contribution >= 4 is 23.0 Å². The molecule has 0 bridgehead atoms. The fraction of sp³-hybridized carbons (Fsp3) is 0.238. The van der Waals surface area contributed by atoms with Gasteiger partial charge in [0.2, 0.25) is 5.91 Å². The van der Waals surface area contributed by atoms with Crippen LogP contribution in [0.4, 0.5) is 0 Å². The summed E-state index contributed by atoms with van der Waals surface area (Å²) in [4.78, 5) is 20.1. The van der Waals surface area contributed by atoms with Crippen molar-refractivity contribution in [3.05, 3.63) is 53.9 Å². The first kappa shape index (κ1) is 19.3. The first-order valence-electron chi connectivity index (χ1n) is 8.79. The summed E-state index contributed by atoms with van der Waals surface area (Å²) in [6, 6.07) is 10.9. The van der Waals surface area contributed by atoms with Crippen LogP contribution >= 0.6 is 0 Å². The van der Waals surface area contributed by atoms with Crippen LogP contribution in [0.1, 0.15) is 24.4 Å². The van der Waals surface area contributed by atoms with E-state index in [1.165, 1.54) is 6.08 Å². The van der Waals surface area contributed by atoms with Gasteiger partial charge in [0.1, 0.15) is 11.6 Å². The van der Waals surface area contributed by atoms with Crippen LogP contribution in [-0.2, 0) is 4.79 Å². The van der Waals surface area contributed by atoms with Gasteiger partial charge >= 0.3 is 0 Å². The summed E-state index contributed by atoms with van der Waals surface area (Å²) >= 11 is 0. The van der Waals surface area contributed by atoms with Crippen LogP contribution in [-0.4, -0.2) is 37.2 Å². The van der Waals surface area contributed by atoms with Gasteiger partial charge in [0.15, 0.2) is 11.5 Å². The summed E-state index contributed by atoms with van der Waals surface area (Å²) in [5.41, 5.74) is 2.50. The molecule has 0 saturated heterocycles. The van der Waals surface area contributed by atoms with Gasteiger partial charge in [0.05, 0.1) is 38.4 Å². The van der Waals surface area contributed by atoms with E-state index in [2.05, 4.69) is 15.3 Å². The van der Waals surface area contributed by atoms with E-state index < -0.39 is 0 Å². The standard InChI is InChI=1S/C21H23N3O4/c1-13(21-23-15-7-5-6-8-16(15)24-21)22-20(25)10-9-14-11-18(27-3)19(28-4)12-17(14)26-2/h5-13H,1-4H3,(H,22,25)(H,23,24)/b10-9+. The maximum absolute atomic E-state index is 12.4. The van der Waals surface area contributed by atoms with Gasteiger partial charge in [-0.3, -0.25) is 4.79 Å². The van der Waals surface area contributed by atoms with E-state index in [1.807, 2.05) is 31.2 Å². The molecule has 0 radical (unpaired) electrons. The Morgan fingerprint density at radius 1 is 1.07 bits per heavy atom. The van der Waals surface area contributed by atoms with Crippen molar-refractivity contribution in [2.75, 3.05) is 21.3 Å². The lowest BCUT2D eigenvalue weighted by atomic mass is 10.1. The van der Waals surface area contributed by atoms with Crippen molar-refractivity contribution in [1.29, 1.82) is 0 Å². The Morgan fingerprint density at radius 3 is 2.43 bits per heavy atom. The molecule has 146 valence electrons. The third kappa shape index (κ3) is 4.09. The quantitative estimate of drug-likeness (QED) is 0.612. The number of ether oxygens (including phenoxy) is 3. The first-order valence-corrected chi connectivity index (χ1v) is 8.79. The van der Waals surface area contributed by atoms with E-state index in [1.54, 1.807) is 39.5 Å². The zero-order valence-corrected chi connectivity index (χ0v) is 16.3. The fourth-order valence-electron chi connectivity index (χ4n) is 2.86. The molecule has 3 rings (SSSR count). The van der Waals surface area contributed by atoms with Crippen LogP contribution < -0.4 is 19.5 Å². The summed E-state index contributed by atoms with van der Waals surface area (Å²) in [5, 5.41) is 2.90. The Morgan fingerprint density at radius 2 is 1.75 bits per heavy atom. The monoisotopic (exact) mass is 381 g/mol. The van der Waals surface area contributed by atoms with Gasteiger partial charge in [0, 0.05) is 17.7 Å². The second-order valence-corrected chi connectivity index (χ2v) is 6.15. The highest BCUT2D eigenvalue weighted by atomic mass is 16.5. The SMILES string of the molecule is COc1cc(OC)c(OC)cc1/C=C/C(=O)NC(C)c1nc2ccccc2[nH]1. The van der Waals surface area contributed by atoms with Crippen LogP contribution in [0.15, 0.2) is 42.5 Å². The minimum Gasteiger partial charge on any atom is -0.496 e. The average molecular weight is 381 g/mol. The van der Waals surface area contributed by atoms with E-state index in [4.69, 9.17) is 14.2 Å². The van der Waals surface area contributed by atoms with Crippen molar-refractivity contribution in [1.82, 2.24) is 15.3 Å². The molecule has 7 heteroatoms. The number of para-hydroxylation sites is 2. The van der Waals surface area contributed by atoms with E-state index in [9.17, 15) is 4.79 Å². The van der Waals surface area contributed by atoms with E-state index in [-0.39, 0.29) is 11.9 Å². The number of nitrogens with one attached hydrogen (secondary N) is 2. The van der Waals surface area contributed by atoms with Gasteiger partial charge in [-0.15, -0.1) is 0 Å². The molecular weight excluding hydrogens is 358 g/mol. The number of fused-ring (bicyclic) bond motifs is 1. The Kier molecular flexibility index (Phi) is 5.84. The highest BCUT2D eigenvalue weighted by Gasteiger charge is 2.13. The number of carbonyl (C=O) groups is 1. The molecule has 0 saturated carbocycles. The van der Waals surface area contributed by atoms with Gasteiger partial charge in [-0.2, -0.15) is 0 Å². The predicted octanol–water partition coefficient (Wildman–Crippen LogP) is 3.48. The highest BCUT2D eigenvalue weighted by molar-refractivity contribution is 5.92. The lowest BCUT2D eigenvalue weighted by molar-refractivity contribution is -0.117. The van der Waals surface area contributed by atoms with Crippen LogP contribution in [0.2, 0.25) is 0 Å². The average Bonchev–Trinajstić information content (AvgIpc) is 3.16. The summed E-state index contributed by atoms with van der Waals surface area (Å²) in [6.07, 6.45) is 3.12. The molecule has 28 heavy (non-hydrogen) atoms. The number of H-pyrrole nitrogens is 1. The highest BCUT2D eigenvalue weighted by Crippen LogP contribution is 2.35. The van der Waals surface area contributed by atoms with Crippen LogP contribution in [0.3, 0.4) is 0 Å². The molecule has 0 aliphatic rings. The number of aromatic nitrogens is 2. The molecule has 2 N–H and O–H groups in total. The van der Waals surface area contributed by atoms with Crippen molar-refractivity contribution in [3.8, 4) is 17.2 Å². The minimum absolute atomic E-state index is 0.246. The lowest BCUT2D eigenvalue weighted by Crippen LogP contribution is -2.25. The number of methoxy groups -OCH3 is 3. The number of hydrogen-bond donors (Lipinski definition) is 2. The molecule has 1 unspecified atom stereocenters. The van der Waals surface area contributed by atoms with E-state index in [0.29, 0.717) is 28.6 Å². The Balaban J connectivity index is 1.74. The zero-order chi connectivity index (χ0) is 20.1. The first-order chi connectivity index (χ1) is 13.5. The number of benzene rings is 2. The molecule has 1 amide bonds. The second-order valence-electron chi connectivity index (χ2n) is 6.15. The van der Waals surface area contributed by atoms with E-state index >= 15 is 0 Å². The maximum atomic E-state index is 12.4. The largest absolute Gasteiger partial charge is 0.496 e. The lowest BCUT2D eigenvalue weighted by Gasteiger charge is -2.12. The molecule has 0 spiro atoms. The molecule has 2 aromatic carbocycles. The molecule has 7 nitrogen and oxygen atoms in total. The Labute approximate surface area is 163 Å². The molecule has 3 aromatic rings. The smallest absolute Gasteiger partial charge is 0.244 e. The van der Waals surface area contributed by atoms with Crippen molar-refractivity contribution < 1.29 is 19.0 Å². The number of hydrogen-bond acceptors (Lipinski definition) is 5. The number of nitrogens with zero attached hydrogens (tertiary/aromatic N) is 1. The molecule has 1 atom stereocenters. The molecule has 0 fully saturated rings. The van der Waals surface area contributed by atoms with Crippen molar-refractivity contribution in [2.45, 2.75) is 13.0 Å². The second kappa shape index (κ2) is 8.47. The molecular formula is C21H23N3O4. The number of aromatic amines is 1. The molecule has 1 aromatic heterocycles. The van der Waals surface area contributed by atoms with Crippen LogP contribution in [0, 0.1) is 0 Å². The van der Waals surface area contributed by atoms with Crippen molar-refractivity contribution in [3.63, 3.8) is 0 Å². The number of imidazole rings is 1. The maximum Gasteiger partial charge on any atom is 0.244 e. The van der Waals surface area contributed by atoms with Gasteiger partial charge in [-0.1, -0.05) is 12.1 Å². The summed E-state index contributed by atoms with van der Waals surface area (Å²) < 4.78 is 15.9. The van der Waals surface area contributed by atoms with Crippen molar-refractivity contribution in [2.24, 2.45) is 0 Å². The third-order valence-corrected chi connectivity index (χ3v) is 4.33. The third-order valence-electron chi connectivity index (χ3n) is 4.33. The van der Waals surface area contributed by atoms with Gasteiger partial charge in [-0.05, 0) is 31.2 Å². The van der Waals surface area contributed by atoms with E-state index in [0.717, 1.165) is 11.0 Å². The fourth-order valence-corrected chi connectivity index (χ4v) is 2.86. The predicted molar refractivity (Wildman–Crippen MR) is 108 cm³/mol. The zero-order valence-electron chi connectivity index (χ0n) is 16.3. The Hall–Kier alpha value is -3.48.